The predicted molar refractivity (Wildman–Crippen MR) is 189 cm³/mol. The minimum atomic E-state index is -1.02. The molecule has 2 amide bonds. The predicted octanol–water partition coefficient (Wildman–Crippen LogP) is 5.49. The van der Waals surface area contributed by atoms with E-state index in [1.807, 2.05) is 4.90 Å². The van der Waals surface area contributed by atoms with Crippen molar-refractivity contribution in [2.24, 2.45) is 56.7 Å². The smallest absolute Gasteiger partial charge is 0.326 e. The van der Waals surface area contributed by atoms with E-state index in [4.69, 9.17) is 14.2 Å². The number of hydrogen-bond acceptors (Lipinski definition) is 7. The fourth-order valence-corrected chi connectivity index (χ4v) is 14.5. The van der Waals surface area contributed by atoms with Crippen LogP contribution in [0.5, 0.6) is 0 Å². The molecule has 2 aliphatic heterocycles. The Bertz CT molecular complexity index is 1430. The highest BCUT2D eigenvalue weighted by atomic mass is 16.7. The molecule has 2 heterocycles. The number of nitrogens with zero attached hydrogens (tertiary/aromatic N) is 2. The van der Waals surface area contributed by atoms with Crippen LogP contribution >= 0.6 is 0 Å². The summed E-state index contributed by atoms with van der Waals surface area (Å²) < 4.78 is 19.8. The van der Waals surface area contributed by atoms with Crippen LogP contribution < -0.4 is 0 Å². The average Bonchev–Trinajstić information content (AvgIpc) is 4.00. The minimum Gasteiger partial charge on any atom is -0.480 e. The summed E-state index contributed by atoms with van der Waals surface area (Å²) in [7, 11) is 0. The number of morpholine rings is 1. The lowest BCUT2D eigenvalue weighted by atomic mass is 9.41. The van der Waals surface area contributed by atoms with Crippen LogP contribution in [0, 0.1) is 56.7 Å². The second-order valence-electron chi connectivity index (χ2n) is 19.7. The van der Waals surface area contributed by atoms with Crippen molar-refractivity contribution >= 4 is 17.8 Å². The first-order valence-corrected chi connectivity index (χ1v) is 20.4. The van der Waals surface area contributed by atoms with Crippen LogP contribution in [0.15, 0.2) is 0 Å². The summed E-state index contributed by atoms with van der Waals surface area (Å²) in [5.41, 5.74) is 0.0944. The number of aliphatic hydroxyl groups is 1. The van der Waals surface area contributed by atoms with Crippen molar-refractivity contribution in [1.82, 2.24) is 9.80 Å². The molecule has 0 bridgehead atoms. The Morgan fingerprint density at radius 2 is 1.71 bits per heavy atom. The van der Waals surface area contributed by atoms with Gasteiger partial charge in [0.25, 0.3) is 0 Å². The van der Waals surface area contributed by atoms with Crippen LogP contribution in [-0.2, 0) is 28.6 Å². The number of aliphatic hydroxyl groups excluding tert-OH is 1. The summed E-state index contributed by atoms with van der Waals surface area (Å²) in [5, 5.41) is 22.2. The standard InChI is InChI=1S/C41H64N2O8/c1-23-18-27(20-43(25(3)44)24(2)36(47)48)50-34-33(23)38(6)14-15-41-22-40(41)13-12-30(37(4,5)28(40)10-11-29(41)39(38,7)35(34)46)51-32-21-42(16-17-49-32)31(45)19-26-8-9-26/h23-24,26-30,32-35,46H,8-22H2,1-7H3,(H,47,48)/t23-,24-,27-,28+,29+,30?,32+,33+,34+,35+,38-,39-,40?,41+/m1/s1. The van der Waals surface area contributed by atoms with Gasteiger partial charge in [-0.1, -0.05) is 34.6 Å². The lowest BCUT2D eigenvalue weighted by Gasteiger charge is -2.64. The molecule has 8 rings (SSSR count). The lowest BCUT2D eigenvalue weighted by molar-refractivity contribution is -0.248. The number of amides is 2. The molecule has 8 aliphatic rings. The largest absolute Gasteiger partial charge is 0.480 e. The van der Waals surface area contributed by atoms with Crippen molar-refractivity contribution in [1.29, 1.82) is 0 Å². The zero-order valence-electron chi connectivity index (χ0n) is 32.2. The molecule has 14 atom stereocenters. The van der Waals surface area contributed by atoms with E-state index in [1.54, 1.807) is 6.92 Å². The molecule has 8 fully saturated rings. The molecule has 2 spiro atoms. The molecule has 0 aromatic carbocycles. The van der Waals surface area contributed by atoms with Crippen LogP contribution in [-0.4, -0.2) is 101 Å². The van der Waals surface area contributed by atoms with Gasteiger partial charge in [-0.05, 0) is 122 Å². The Kier molecular flexibility index (Phi) is 8.62. The van der Waals surface area contributed by atoms with Crippen LogP contribution in [0.1, 0.15) is 119 Å². The number of carboxylic acid groups (broad SMARTS) is 1. The molecule has 10 heteroatoms. The Balaban J connectivity index is 0.989. The molecule has 2 unspecified atom stereocenters. The van der Waals surface area contributed by atoms with E-state index in [-0.39, 0.29) is 81.9 Å². The summed E-state index contributed by atoms with van der Waals surface area (Å²) in [4.78, 5) is 40.6. The first-order valence-electron chi connectivity index (χ1n) is 20.4. The number of carbonyl (C=O) groups is 3. The van der Waals surface area contributed by atoms with E-state index >= 15 is 0 Å². The van der Waals surface area contributed by atoms with E-state index in [9.17, 15) is 24.6 Å². The molecule has 2 saturated heterocycles. The maximum Gasteiger partial charge on any atom is 0.326 e. The summed E-state index contributed by atoms with van der Waals surface area (Å²) in [6.45, 7) is 16.9. The van der Waals surface area contributed by atoms with Gasteiger partial charge in [0.05, 0.1) is 37.6 Å². The highest BCUT2D eigenvalue weighted by Crippen LogP contribution is 2.89. The number of rotatable bonds is 8. The number of carbonyl (C=O) groups excluding carboxylic acids is 2. The fourth-order valence-electron chi connectivity index (χ4n) is 14.5. The van der Waals surface area contributed by atoms with Crippen molar-refractivity contribution in [3.8, 4) is 0 Å². The van der Waals surface area contributed by atoms with Gasteiger partial charge in [0.15, 0.2) is 6.29 Å². The van der Waals surface area contributed by atoms with Crippen LogP contribution in [0.3, 0.4) is 0 Å². The number of ether oxygens (including phenoxy) is 3. The van der Waals surface area contributed by atoms with Crippen molar-refractivity contribution < 1.29 is 38.8 Å². The van der Waals surface area contributed by atoms with Crippen LogP contribution in [0.25, 0.3) is 0 Å². The van der Waals surface area contributed by atoms with Crippen LogP contribution in [0.4, 0.5) is 0 Å². The quantitative estimate of drug-likeness (QED) is 0.339. The van der Waals surface area contributed by atoms with Crippen molar-refractivity contribution in [2.75, 3.05) is 26.2 Å². The Morgan fingerprint density at radius 3 is 2.39 bits per heavy atom. The van der Waals surface area contributed by atoms with Gasteiger partial charge in [-0.25, -0.2) is 4.79 Å². The molecular weight excluding hydrogens is 648 g/mol. The first-order chi connectivity index (χ1) is 24.0. The third-order valence-electron chi connectivity index (χ3n) is 17.3. The van der Waals surface area contributed by atoms with Gasteiger partial charge >= 0.3 is 5.97 Å². The van der Waals surface area contributed by atoms with Crippen LogP contribution in [0.2, 0.25) is 0 Å². The van der Waals surface area contributed by atoms with Gasteiger partial charge in [0.2, 0.25) is 11.8 Å². The first kappa shape index (κ1) is 36.2. The van der Waals surface area contributed by atoms with Crippen molar-refractivity contribution in [3.05, 3.63) is 0 Å². The second kappa shape index (κ2) is 12.1. The molecule has 6 saturated carbocycles. The topological polar surface area (TPSA) is 126 Å². The van der Waals surface area contributed by atoms with E-state index in [0.717, 1.165) is 38.5 Å². The summed E-state index contributed by atoms with van der Waals surface area (Å²) in [6.07, 6.45) is 10.2. The maximum absolute atomic E-state index is 12.9. The lowest BCUT2D eigenvalue weighted by Crippen LogP contribution is -2.60. The molecule has 51 heavy (non-hydrogen) atoms. The summed E-state index contributed by atoms with van der Waals surface area (Å²) in [6, 6.07) is -0.929. The Labute approximate surface area is 304 Å². The zero-order chi connectivity index (χ0) is 36.5. The van der Waals surface area contributed by atoms with E-state index < -0.39 is 18.1 Å². The maximum atomic E-state index is 12.9. The molecule has 10 nitrogen and oxygen atoms in total. The molecular formula is C41H64N2O8. The molecule has 0 aromatic rings. The molecule has 0 aromatic heterocycles. The van der Waals surface area contributed by atoms with Crippen molar-refractivity contribution in [2.45, 2.75) is 156 Å². The SMILES string of the molecule is CC(=O)N(C[C@H]1C[C@@H](C)[C@H]2[C@H](O1)[C@H](O)[C@@]1(C)[C@@H]3CC[C@H]4C(C)(C)C(O[C@H]5CN(C(=O)CC6CC6)CCO5)CCC45C[C@@]35CC[C@]21C)[C@H](C)C(=O)O. The molecule has 286 valence electrons. The van der Waals surface area contributed by atoms with Gasteiger partial charge in [-0.3, -0.25) is 9.59 Å². The number of carboxylic acids is 1. The van der Waals surface area contributed by atoms with Gasteiger partial charge in [-0.15, -0.1) is 0 Å². The van der Waals surface area contributed by atoms with Gasteiger partial charge in [-0.2, -0.15) is 0 Å². The number of fused-ring (bicyclic) bond motifs is 4. The monoisotopic (exact) mass is 712 g/mol. The summed E-state index contributed by atoms with van der Waals surface area (Å²) in [5.74, 6) is 0.998. The van der Waals surface area contributed by atoms with Gasteiger partial charge < -0.3 is 34.2 Å². The Morgan fingerprint density at radius 1 is 1.00 bits per heavy atom. The van der Waals surface area contributed by atoms with E-state index in [0.29, 0.717) is 43.9 Å². The number of aliphatic carboxylic acids is 1. The Hall–Kier alpha value is -1.75. The normalized spacial score (nSPS) is 48.6. The van der Waals surface area contributed by atoms with E-state index in [1.165, 1.54) is 37.5 Å². The van der Waals surface area contributed by atoms with E-state index in [2.05, 4.69) is 34.6 Å². The third kappa shape index (κ3) is 5.17. The third-order valence-corrected chi connectivity index (χ3v) is 17.3. The fraction of sp³-hybridized carbons (Fsp3) is 0.927. The second-order valence-corrected chi connectivity index (χ2v) is 19.7. The highest BCUT2D eigenvalue weighted by molar-refractivity contribution is 5.82. The number of hydrogen-bond donors (Lipinski definition) is 2. The average molecular weight is 713 g/mol. The van der Waals surface area contributed by atoms with Gasteiger partial charge in [0, 0.05) is 31.8 Å². The minimum absolute atomic E-state index is 0.0269. The van der Waals surface area contributed by atoms with Crippen molar-refractivity contribution in [3.63, 3.8) is 0 Å². The zero-order valence-corrected chi connectivity index (χ0v) is 32.2. The van der Waals surface area contributed by atoms with Gasteiger partial charge in [0.1, 0.15) is 6.04 Å². The molecule has 0 radical (unpaired) electrons. The summed E-state index contributed by atoms with van der Waals surface area (Å²) >= 11 is 0. The highest BCUT2D eigenvalue weighted by Gasteiger charge is 2.84. The molecule has 2 N–H and O–H groups in total. The molecule has 6 aliphatic carbocycles.